The molecule has 0 aliphatic heterocycles. The van der Waals surface area contributed by atoms with Gasteiger partial charge in [-0.3, -0.25) is 37.3 Å². The van der Waals surface area contributed by atoms with E-state index in [4.69, 9.17) is 37.0 Å². The molecule has 101 heavy (non-hydrogen) atoms. The van der Waals surface area contributed by atoms with E-state index >= 15 is 0 Å². The monoisotopic (exact) mass is 1480 g/mol. The van der Waals surface area contributed by atoms with Gasteiger partial charge in [0, 0.05) is 25.7 Å². The van der Waals surface area contributed by atoms with Crippen molar-refractivity contribution >= 4 is 39.5 Å². The first kappa shape index (κ1) is 99.1. The van der Waals surface area contributed by atoms with E-state index in [1.165, 1.54) is 244 Å². The predicted octanol–water partition coefficient (Wildman–Crippen LogP) is 24.7. The van der Waals surface area contributed by atoms with Gasteiger partial charge in [0.1, 0.15) is 19.3 Å². The number of aliphatic hydroxyl groups is 1. The van der Waals surface area contributed by atoms with Gasteiger partial charge in [0.05, 0.1) is 26.4 Å². The highest BCUT2D eigenvalue weighted by atomic mass is 31.2. The number of ether oxygens (including phenoxy) is 4. The van der Waals surface area contributed by atoms with Crippen molar-refractivity contribution in [3.8, 4) is 0 Å². The fourth-order valence-corrected chi connectivity index (χ4v) is 14.3. The van der Waals surface area contributed by atoms with Crippen LogP contribution in [0, 0.1) is 11.8 Å². The van der Waals surface area contributed by atoms with Crippen molar-refractivity contribution in [2.45, 2.75) is 452 Å². The molecule has 0 saturated carbocycles. The van der Waals surface area contributed by atoms with Crippen molar-refractivity contribution in [1.82, 2.24) is 0 Å². The molecule has 0 aromatic heterocycles. The van der Waals surface area contributed by atoms with E-state index in [0.29, 0.717) is 31.6 Å². The SMILES string of the molecule is CCCCCCCCCCCCCCCCCCCCCCCC(=O)O[C@H](COC(=O)CCCCCCCCCCCCCCCCC(C)C)COP(=O)(O)OC[C@@H](O)COP(=O)(O)OC[C@@H](COC(=O)CCCCCCCCC(C)C)OC(=O)CCCCCCCCCCCCCCCC. The lowest BCUT2D eigenvalue weighted by Crippen LogP contribution is -2.30. The van der Waals surface area contributed by atoms with Gasteiger partial charge in [0.2, 0.25) is 0 Å². The predicted molar refractivity (Wildman–Crippen MR) is 414 cm³/mol. The number of esters is 4. The van der Waals surface area contributed by atoms with E-state index in [1.807, 2.05) is 0 Å². The molecular weight excluding hydrogens is 1320 g/mol. The summed E-state index contributed by atoms with van der Waals surface area (Å²) in [5.41, 5.74) is 0. The second-order valence-electron chi connectivity index (χ2n) is 30.5. The van der Waals surface area contributed by atoms with E-state index in [0.717, 1.165) is 102 Å². The molecule has 3 N–H and O–H groups in total. The molecule has 17 nitrogen and oxygen atoms in total. The van der Waals surface area contributed by atoms with Gasteiger partial charge in [-0.05, 0) is 37.5 Å². The van der Waals surface area contributed by atoms with Crippen molar-refractivity contribution < 1.29 is 80.2 Å². The Bertz CT molecular complexity index is 1940. The van der Waals surface area contributed by atoms with Crippen LogP contribution in [0.15, 0.2) is 0 Å². The van der Waals surface area contributed by atoms with Crippen LogP contribution in [0.1, 0.15) is 433 Å². The van der Waals surface area contributed by atoms with Gasteiger partial charge in [-0.1, -0.05) is 382 Å². The minimum atomic E-state index is -4.96. The van der Waals surface area contributed by atoms with Crippen molar-refractivity contribution in [2.24, 2.45) is 11.8 Å². The first-order valence-corrected chi connectivity index (χ1v) is 45.5. The Kier molecular flexibility index (Phi) is 72.2. The fourth-order valence-electron chi connectivity index (χ4n) is 12.7. The molecule has 0 radical (unpaired) electrons. The maximum absolute atomic E-state index is 13.1. The summed E-state index contributed by atoms with van der Waals surface area (Å²) in [6, 6.07) is 0. The fraction of sp³-hybridized carbons (Fsp3) is 0.951. The van der Waals surface area contributed by atoms with Crippen LogP contribution < -0.4 is 0 Å². The molecule has 0 spiro atoms. The molecule has 5 atom stereocenters. The average Bonchev–Trinajstić information content (AvgIpc) is 0.945. The van der Waals surface area contributed by atoms with Gasteiger partial charge in [-0.15, -0.1) is 0 Å². The summed E-state index contributed by atoms with van der Waals surface area (Å²) in [6.45, 7) is 9.58. The number of hydrogen-bond donors (Lipinski definition) is 3. The minimum absolute atomic E-state index is 0.107. The van der Waals surface area contributed by atoms with Crippen LogP contribution in [-0.4, -0.2) is 96.7 Å². The Labute approximate surface area is 619 Å². The van der Waals surface area contributed by atoms with Crippen molar-refractivity contribution in [2.75, 3.05) is 39.6 Å². The molecule has 0 fully saturated rings. The Morgan fingerprint density at radius 2 is 0.455 bits per heavy atom. The zero-order chi connectivity index (χ0) is 74.2. The summed E-state index contributed by atoms with van der Waals surface area (Å²) < 4.78 is 68.7. The highest BCUT2D eigenvalue weighted by Crippen LogP contribution is 2.45. The van der Waals surface area contributed by atoms with Crippen LogP contribution >= 0.6 is 15.6 Å². The molecule has 0 rings (SSSR count). The Balaban J connectivity index is 5.21. The molecule has 0 bridgehead atoms. The van der Waals surface area contributed by atoms with Gasteiger partial charge in [0.15, 0.2) is 12.2 Å². The van der Waals surface area contributed by atoms with Gasteiger partial charge in [-0.2, -0.15) is 0 Å². The normalized spacial score (nSPS) is 13.9. The van der Waals surface area contributed by atoms with E-state index in [9.17, 15) is 43.2 Å². The second kappa shape index (κ2) is 73.6. The van der Waals surface area contributed by atoms with E-state index in [-0.39, 0.29) is 25.7 Å². The number of unbranched alkanes of at least 4 members (excludes halogenated alkanes) is 51. The number of phosphoric acid groups is 2. The van der Waals surface area contributed by atoms with Gasteiger partial charge < -0.3 is 33.8 Å². The second-order valence-corrected chi connectivity index (χ2v) is 33.4. The van der Waals surface area contributed by atoms with Crippen LogP contribution in [0.25, 0.3) is 0 Å². The maximum atomic E-state index is 13.1. The lowest BCUT2D eigenvalue weighted by Gasteiger charge is -2.21. The third-order valence-electron chi connectivity index (χ3n) is 19.2. The highest BCUT2D eigenvalue weighted by molar-refractivity contribution is 7.47. The largest absolute Gasteiger partial charge is 0.472 e. The maximum Gasteiger partial charge on any atom is 0.472 e. The molecule has 0 saturated heterocycles. The van der Waals surface area contributed by atoms with Crippen LogP contribution in [0.4, 0.5) is 0 Å². The smallest absolute Gasteiger partial charge is 0.462 e. The van der Waals surface area contributed by atoms with Crippen LogP contribution in [0.3, 0.4) is 0 Å². The third kappa shape index (κ3) is 76.1. The first-order chi connectivity index (χ1) is 48.9. The highest BCUT2D eigenvalue weighted by Gasteiger charge is 2.30. The van der Waals surface area contributed by atoms with Crippen molar-refractivity contribution in [1.29, 1.82) is 0 Å². The van der Waals surface area contributed by atoms with Crippen LogP contribution in [0.5, 0.6) is 0 Å². The molecular formula is C82H160O17P2. The molecule has 0 aromatic rings. The number of rotatable bonds is 81. The number of carbonyl (C=O) groups is 4. The molecule has 0 aliphatic carbocycles. The molecule has 0 amide bonds. The molecule has 19 heteroatoms. The minimum Gasteiger partial charge on any atom is -0.462 e. The first-order valence-electron chi connectivity index (χ1n) is 42.5. The van der Waals surface area contributed by atoms with Gasteiger partial charge >= 0.3 is 39.5 Å². The Hall–Kier alpha value is -1.94. The van der Waals surface area contributed by atoms with Crippen molar-refractivity contribution in [3.05, 3.63) is 0 Å². The molecule has 0 heterocycles. The lowest BCUT2D eigenvalue weighted by atomic mass is 10.0. The number of phosphoric ester groups is 2. The third-order valence-corrected chi connectivity index (χ3v) is 21.1. The van der Waals surface area contributed by atoms with Gasteiger partial charge in [-0.25, -0.2) is 9.13 Å². The van der Waals surface area contributed by atoms with E-state index < -0.39 is 97.5 Å². The van der Waals surface area contributed by atoms with Crippen LogP contribution in [-0.2, 0) is 65.4 Å². The van der Waals surface area contributed by atoms with Crippen molar-refractivity contribution in [3.63, 3.8) is 0 Å². The number of aliphatic hydroxyl groups excluding tert-OH is 1. The Morgan fingerprint density at radius 3 is 0.673 bits per heavy atom. The Morgan fingerprint density at radius 1 is 0.267 bits per heavy atom. The topological polar surface area (TPSA) is 237 Å². The molecule has 2 unspecified atom stereocenters. The quantitative estimate of drug-likeness (QED) is 0.0222. The van der Waals surface area contributed by atoms with Gasteiger partial charge in [0.25, 0.3) is 0 Å². The molecule has 0 aliphatic rings. The summed E-state index contributed by atoms with van der Waals surface area (Å²) in [5, 5.41) is 10.6. The lowest BCUT2D eigenvalue weighted by molar-refractivity contribution is -0.161. The summed E-state index contributed by atoms with van der Waals surface area (Å²) in [5.74, 6) is -0.631. The zero-order valence-electron chi connectivity index (χ0n) is 66.2. The van der Waals surface area contributed by atoms with Crippen LogP contribution in [0.2, 0.25) is 0 Å². The summed E-state index contributed by atoms with van der Waals surface area (Å²) in [6.07, 6.45) is 64.1. The summed E-state index contributed by atoms with van der Waals surface area (Å²) in [7, 11) is -9.92. The average molecular weight is 1480 g/mol. The molecule has 0 aromatic carbocycles. The van der Waals surface area contributed by atoms with E-state index in [1.54, 1.807) is 0 Å². The zero-order valence-corrected chi connectivity index (χ0v) is 68.0. The molecule has 600 valence electrons. The number of carbonyl (C=O) groups excluding carboxylic acids is 4. The summed E-state index contributed by atoms with van der Waals surface area (Å²) >= 11 is 0. The number of hydrogen-bond acceptors (Lipinski definition) is 15. The standard InChI is InChI=1S/C82H160O17P2/c1-7-9-11-13-15-17-19-21-23-24-25-26-27-28-29-35-39-43-47-55-61-67-81(86)98-77(70-92-79(84)64-58-52-45-41-37-34-31-30-32-36-40-44-50-56-62-74(3)4)72-96-100(88,89)94-68-76(83)69-95-101(90,91)97-73-78(71-93-80(85)65-59-53-49-48-51-57-63-75(5)6)99-82(87)66-60-54-46-42-38-33-22-20-18-16-14-12-10-8-2/h74-78,83H,7-73H2,1-6H3,(H,88,89)(H,90,91)/t76-,77-,78-/m1/s1. The summed E-state index contributed by atoms with van der Waals surface area (Å²) in [4.78, 5) is 73.0. The van der Waals surface area contributed by atoms with E-state index in [2.05, 4.69) is 41.5 Å².